The van der Waals surface area contributed by atoms with Crippen LogP contribution in [0.5, 0.6) is 11.5 Å². The average molecular weight is 1540 g/mol. The number of aromatic amines is 2. The molecule has 0 bridgehead atoms. The summed E-state index contributed by atoms with van der Waals surface area (Å²) < 4.78 is 0. The van der Waals surface area contributed by atoms with Gasteiger partial charge in [0.15, 0.2) is 5.96 Å². The first-order valence-corrected chi connectivity index (χ1v) is 35.5. The number of amides is 12. The van der Waals surface area contributed by atoms with Crippen molar-refractivity contribution in [3.8, 4) is 11.5 Å². The summed E-state index contributed by atoms with van der Waals surface area (Å²) in [6, 6.07) is -0.150. The fraction of sp³-hybridized carbons (Fsp3) is 0.465. The number of nitrogens with two attached hydrogens (primary N) is 3. The number of likely N-dealkylation sites (tertiary alicyclic amines) is 1. The highest BCUT2D eigenvalue weighted by atomic mass is 16.4. The molecule has 39 nitrogen and oxygen atoms in total. The molecule has 26 N–H and O–H groups in total. The molecule has 1 aliphatic heterocycles. The molecule has 3 aromatic carbocycles. The summed E-state index contributed by atoms with van der Waals surface area (Å²) in [6.45, 7) is 4.63. The molecule has 12 amide bonds. The Morgan fingerprint density at radius 1 is 0.545 bits per heavy atom. The zero-order valence-corrected chi connectivity index (χ0v) is 60.9. The van der Waals surface area contributed by atoms with Crippen molar-refractivity contribution >= 4 is 82.8 Å². The van der Waals surface area contributed by atoms with E-state index in [2.05, 4.69) is 78.4 Å². The number of phenolic OH excluding ortho intramolecular Hbond substituents is 2. The highest BCUT2D eigenvalue weighted by Crippen LogP contribution is 2.23. The van der Waals surface area contributed by atoms with Crippen LogP contribution in [-0.2, 0) is 94.4 Å². The highest BCUT2D eigenvalue weighted by Gasteiger charge is 2.42. The lowest BCUT2D eigenvalue weighted by Crippen LogP contribution is -2.63. The number of carbonyl (C=O) groups is 13. The smallest absolute Gasteiger partial charge is 0.326 e. The number of aliphatic carboxylic acids is 1. The van der Waals surface area contributed by atoms with Crippen LogP contribution < -0.4 is 75.7 Å². The normalized spacial score (nSPS) is 16.4. The fourth-order valence-corrected chi connectivity index (χ4v) is 11.7. The van der Waals surface area contributed by atoms with Gasteiger partial charge < -0.3 is 121 Å². The third-order valence-electron chi connectivity index (χ3n) is 18.1. The van der Waals surface area contributed by atoms with Crippen molar-refractivity contribution in [1.29, 1.82) is 5.41 Å². The van der Waals surface area contributed by atoms with E-state index in [1.165, 1.54) is 85.4 Å². The number of hydrogen-bond donors (Lipinski definition) is 23. The summed E-state index contributed by atoms with van der Waals surface area (Å²) in [5, 5.41) is 96.8. The van der Waals surface area contributed by atoms with Gasteiger partial charge in [-0.2, -0.15) is 0 Å². The molecule has 0 radical (unpaired) electrons. The minimum Gasteiger partial charge on any atom is -0.508 e. The number of hydrogen-bond acceptors (Lipinski definition) is 22. The zero-order valence-electron chi connectivity index (χ0n) is 60.9. The second kappa shape index (κ2) is 42.4. The van der Waals surface area contributed by atoms with Crippen LogP contribution in [0.2, 0.25) is 0 Å². The monoisotopic (exact) mass is 1530 g/mol. The standard InChI is InChI=1S/C71H98N20O19/c1-5-36(2)57(70(109)110)89-66(105)54-14-10-24-91(54)69(108)52(27-41-17-21-45(96)22-18-41)87-61(100)48(26-40-15-19-44(95)20-16-40)82-62(101)49(28-42-31-76-34-79-42)84-59(98)46(13-9-23-78-71(74)75)81-68(107)58(38(4)94)90-64(103)50(29-43-32-77-35-80-43)85-60(99)47(25-39-11-7-6-8-12-39)83-63(102)51(30-55(72)97)86-65(104)53(33-92)88-67(106)56(73)37(3)93/h6-8,11-12,15-22,31-32,34-38,46-54,56-58,92-96H,5,9-10,13-14,23-30,33,73H2,1-4H3,(H2,72,97)(H,76,79)(H,77,80)(H,81,107)(H,82,101)(H,83,102)(H,84,98)(H,85,99)(H,86,104)(H,87,100)(H,88,106)(H,89,105)(H,90,103)(H,109,110)(H4,74,75,78)/t36-,37+,38+,46-,47-,48-,49-,50-,51-,52-,53-,54-,56-,57-,58-/m0/s1. The van der Waals surface area contributed by atoms with Gasteiger partial charge in [0.1, 0.15) is 84.0 Å². The van der Waals surface area contributed by atoms with Crippen molar-refractivity contribution in [1.82, 2.24) is 83.3 Å². The Labute approximate surface area is 631 Å². The number of phenols is 2. The number of aliphatic hydroxyl groups excluding tert-OH is 3. The van der Waals surface area contributed by atoms with Crippen LogP contribution in [0.25, 0.3) is 0 Å². The van der Waals surface area contributed by atoms with E-state index in [-0.39, 0.29) is 80.9 Å². The van der Waals surface area contributed by atoms with Crippen LogP contribution in [0.1, 0.15) is 94.3 Å². The number of nitrogens with one attached hydrogen (secondary N) is 14. The molecule has 5 aromatic rings. The van der Waals surface area contributed by atoms with Gasteiger partial charge in [0.2, 0.25) is 70.9 Å². The number of carboxylic acids is 1. The molecule has 0 saturated carbocycles. The van der Waals surface area contributed by atoms with Crippen LogP contribution in [-0.4, -0.2) is 243 Å². The molecular formula is C71H98N20O19. The van der Waals surface area contributed by atoms with E-state index in [1.54, 1.807) is 44.2 Å². The Morgan fingerprint density at radius 2 is 0.982 bits per heavy atom. The van der Waals surface area contributed by atoms with Crippen molar-refractivity contribution in [2.24, 2.45) is 23.1 Å². The van der Waals surface area contributed by atoms with E-state index in [9.17, 15) is 83.4 Å². The second-order valence-electron chi connectivity index (χ2n) is 26.7. The first kappa shape index (κ1) is 86.8. The Hall–Kier alpha value is -12.1. The van der Waals surface area contributed by atoms with Gasteiger partial charge in [0.05, 0.1) is 37.9 Å². The van der Waals surface area contributed by atoms with Crippen molar-refractivity contribution in [2.45, 2.75) is 183 Å². The van der Waals surface area contributed by atoms with Gasteiger partial charge >= 0.3 is 5.97 Å². The summed E-state index contributed by atoms with van der Waals surface area (Å²) in [7, 11) is 0. The lowest BCUT2D eigenvalue weighted by molar-refractivity contribution is -0.146. The molecule has 0 aliphatic carbocycles. The summed E-state index contributed by atoms with van der Waals surface area (Å²) in [5.74, 6) is -15.1. The molecule has 39 heteroatoms. The average Bonchev–Trinajstić information content (AvgIpc) is 1.88. The molecule has 1 fully saturated rings. The molecule has 1 saturated heterocycles. The van der Waals surface area contributed by atoms with Gasteiger partial charge in [-0.15, -0.1) is 0 Å². The number of H-pyrrole nitrogens is 2. The SMILES string of the molecule is CC[C@H](C)[C@H](NC(=O)[C@@H]1CCCN1C(=O)[C@H](Cc1ccc(O)cc1)NC(=O)[C@H](Cc1ccc(O)cc1)NC(=O)[C@H](Cc1cnc[nH]1)NC(=O)[C@H](CCCNC(=N)N)NC(=O)[C@@H](NC(=O)[C@H](Cc1cnc[nH]1)NC(=O)[C@H](Cc1ccccc1)NC(=O)[C@H](CC(N)=O)NC(=O)[C@H](CO)NC(=O)[C@@H](N)[C@@H](C)O)[C@@H](C)O)C(=O)O. The Balaban J connectivity index is 1.28. The van der Waals surface area contributed by atoms with Gasteiger partial charge in [0, 0.05) is 69.0 Å². The third-order valence-corrected chi connectivity index (χ3v) is 18.1. The third kappa shape index (κ3) is 27.0. The van der Waals surface area contributed by atoms with E-state index in [0.717, 1.165) is 6.92 Å². The Kier molecular flexibility index (Phi) is 33.5. The van der Waals surface area contributed by atoms with Gasteiger partial charge in [0.25, 0.3) is 0 Å². The minimum atomic E-state index is -1.97. The quantitative estimate of drug-likeness (QED) is 0.00982. The zero-order chi connectivity index (χ0) is 80.9. The summed E-state index contributed by atoms with van der Waals surface area (Å²) in [5.41, 5.74) is 18.4. The van der Waals surface area contributed by atoms with Crippen LogP contribution in [0, 0.1) is 11.3 Å². The topological polar surface area (TPSA) is 638 Å². The van der Waals surface area contributed by atoms with E-state index in [4.69, 9.17) is 22.6 Å². The predicted octanol–water partition coefficient (Wildman–Crippen LogP) is -5.75. The first-order valence-electron chi connectivity index (χ1n) is 35.5. The van der Waals surface area contributed by atoms with Gasteiger partial charge in [-0.25, -0.2) is 14.8 Å². The largest absolute Gasteiger partial charge is 0.508 e. The van der Waals surface area contributed by atoms with Crippen LogP contribution in [0.15, 0.2) is 104 Å². The summed E-state index contributed by atoms with van der Waals surface area (Å²) in [6.07, 6.45) is -0.0328. The van der Waals surface area contributed by atoms with Crippen LogP contribution in [0.3, 0.4) is 0 Å². The molecule has 15 atom stereocenters. The number of guanidine groups is 1. The molecular weight excluding hydrogens is 1440 g/mol. The van der Waals surface area contributed by atoms with Crippen LogP contribution in [0.4, 0.5) is 0 Å². The fourth-order valence-electron chi connectivity index (χ4n) is 11.7. The molecule has 596 valence electrons. The molecule has 110 heavy (non-hydrogen) atoms. The van der Waals surface area contributed by atoms with Gasteiger partial charge in [-0.1, -0.05) is 74.9 Å². The van der Waals surface area contributed by atoms with Crippen molar-refractivity contribution < 1.29 is 93.0 Å². The molecule has 6 rings (SSSR count). The molecule has 2 aromatic heterocycles. The number of carboxylic acid groups (broad SMARTS) is 1. The number of benzene rings is 3. The minimum absolute atomic E-state index is 0.0280. The lowest BCUT2D eigenvalue weighted by atomic mass is 9.98. The van der Waals surface area contributed by atoms with Crippen molar-refractivity contribution in [3.63, 3.8) is 0 Å². The predicted molar refractivity (Wildman–Crippen MR) is 391 cm³/mol. The Morgan fingerprint density at radius 3 is 1.44 bits per heavy atom. The van der Waals surface area contributed by atoms with E-state index < -0.39 is 193 Å². The summed E-state index contributed by atoms with van der Waals surface area (Å²) >= 11 is 0. The molecule has 1 aliphatic rings. The molecule has 0 spiro atoms. The maximum atomic E-state index is 15.1. The second-order valence-corrected chi connectivity index (χ2v) is 26.7. The summed E-state index contributed by atoms with van der Waals surface area (Å²) in [4.78, 5) is 198. The number of aliphatic hydroxyl groups is 3. The van der Waals surface area contributed by atoms with Crippen molar-refractivity contribution in [2.75, 3.05) is 19.7 Å². The van der Waals surface area contributed by atoms with Crippen molar-refractivity contribution in [3.05, 3.63) is 132 Å². The number of carbonyl (C=O) groups excluding carboxylic acids is 12. The number of primary amides is 1. The maximum Gasteiger partial charge on any atom is 0.326 e. The van der Waals surface area contributed by atoms with E-state index in [1.807, 2.05) is 0 Å². The first-order chi connectivity index (χ1) is 52.2. The Bertz CT molecular complexity index is 3950. The van der Waals surface area contributed by atoms with Gasteiger partial charge in [-0.3, -0.25) is 62.9 Å². The van der Waals surface area contributed by atoms with Crippen LogP contribution >= 0.6 is 0 Å². The van der Waals surface area contributed by atoms with E-state index in [0.29, 0.717) is 29.5 Å². The maximum absolute atomic E-state index is 15.1. The number of imidazole rings is 2. The molecule has 3 heterocycles. The number of aromatic nitrogens is 4. The number of aromatic hydroxyl groups is 2. The number of rotatable bonds is 43. The lowest BCUT2D eigenvalue weighted by Gasteiger charge is -2.31. The van der Waals surface area contributed by atoms with Gasteiger partial charge in [-0.05, 0) is 86.4 Å². The highest BCUT2D eigenvalue weighted by molar-refractivity contribution is 6.00. The van der Waals surface area contributed by atoms with E-state index >= 15 is 9.59 Å². The molecule has 0 unspecified atom stereocenters. The number of nitrogens with zero attached hydrogens (tertiary/aromatic N) is 3.